The summed E-state index contributed by atoms with van der Waals surface area (Å²) in [5.41, 5.74) is -0.879. The van der Waals surface area contributed by atoms with Gasteiger partial charge in [-0.1, -0.05) is 30.9 Å². The van der Waals surface area contributed by atoms with Gasteiger partial charge >= 0.3 is 5.69 Å². The third-order valence-corrected chi connectivity index (χ3v) is 3.41. The zero-order valence-corrected chi connectivity index (χ0v) is 10.9. The van der Waals surface area contributed by atoms with Crippen LogP contribution >= 0.6 is 11.6 Å². The van der Waals surface area contributed by atoms with Crippen molar-refractivity contribution in [2.75, 3.05) is 6.61 Å². The Balaban J connectivity index is 1.90. The molecule has 0 aliphatic heterocycles. The fourth-order valence-electron chi connectivity index (χ4n) is 2.25. The number of halogens is 1. The summed E-state index contributed by atoms with van der Waals surface area (Å²) < 4.78 is 6.79. The van der Waals surface area contributed by atoms with Crippen LogP contribution in [0, 0.1) is 0 Å². The van der Waals surface area contributed by atoms with Crippen LogP contribution in [0.5, 0.6) is 0 Å². The van der Waals surface area contributed by atoms with E-state index < -0.39 is 11.2 Å². The lowest BCUT2D eigenvalue weighted by Crippen LogP contribution is -2.36. The van der Waals surface area contributed by atoms with E-state index >= 15 is 0 Å². The molecule has 2 rings (SSSR count). The molecule has 0 unspecified atom stereocenters. The number of aromatic amines is 1. The average molecular weight is 273 g/mol. The van der Waals surface area contributed by atoms with Gasteiger partial charge in [0.1, 0.15) is 5.15 Å². The lowest BCUT2D eigenvalue weighted by atomic mass is 9.98. The lowest BCUT2D eigenvalue weighted by molar-refractivity contribution is 0.0233. The number of ether oxygens (including phenoxy) is 1. The fraction of sp³-hybridized carbons (Fsp3) is 0.667. The van der Waals surface area contributed by atoms with E-state index in [0.717, 1.165) is 17.4 Å². The number of nitrogens with one attached hydrogen (secondary N) is 1. The molecule has 0 saturated heterocycles. The van der Waals surface area contributed by atoms with Gasteiger partial charge in [0, 0.05) is 6.07 Å². The van der Waals surface area contributed by atoms with Crippen LogP contribution in [0.2, 0.25) is 5.15 Å². The highest BCUT2D eigenvalue weighted by Gasteiger charge is 2.13. The quantitative estimate of drug-likeness (QED) is 0.846. The summed E-state index contributed by atoms with van der Waals surface area (Å²) in [4.78, 5) is 25.4. The first kappa shape index (κ1) is 13.4. The second-order valence-electron chi connectivity index (χ2n) is 4.54. The van der Waals surface area contributed by atoms with E-state index in [2.05, 4.69) is 4.98 Å². The van der Waals surface area contributed by atoms with Crippen molar-refractivity contribution >= 4 is 11.6 Å². The Hall–Kier alpha value is -1.07. The highest BCUT2D eigenvalue weighted by molar-refractivity contribution is 6.29. The molecule has 1 N–H and O–H groups in total. The molecule has 1 fully saturated rings. The van der Waals surface area contributed by atoms with E-state index in [1.807, 2.05) is 0 Å². The van der Waals surface area contributed by atoms with Crippen LogP contribution in [0.15, 0.2) is 15.7 Å². The molecule has 0 bridgehead atoms. The zero-order chi connectivity index (χ0) is 13.0. The number of hydrogen-bond donors (Lipinski definition) is 1. The molecule has 18 heavy (non-hydrogen) atoms. The van der Waals surface area contributed by atoms with Crippen molar-refractivity contribution < 1.29 is 4.74 Å². The minimum Gasteiger partial charge on any atom is -0.376 e. The molecule has 0 radical (unpaired) electrons. The molecule has 1 aliphatic carbocycles. The maximum absolute atomic E-state index is 11.5. The van der Waals surface area contributed by atoms with Crippen LogP contribution < -0.4 is 11.2 Å². The Bertz CT molecular complexity index is 472. The monoisotopic (exact) mass is 272 g/mol. The molecule has 100 valence electrons. The molecule has 0 amide bonds. The summed E-state index contributed by atoms with van der Waals surface area (Å²) in [5, 5.41) is 0.0643. The Morgan fingerprint density at radius 3 is 2.72 bits per heavy atom. The summed E-state index contributed by atoms with van der Waals surface area (Å²) in [6.45, 7) is 0.650. The number of nitrogens with zero attached hydrogens (tertiary/aromatic N) is 1. The van der Waals surface area contributed by atoms with E-state index in [-0.39, 0.29) is 17.8 Å². The van der Waals surface area contributed by atoms with Crippen molar-refractivity contribution in [3.63, 3.8) is 0 Å². The van der Waals surface area contributed by atoms with E-state index in [4.69, 9.17) is 16.3 Å². The van der Waals surface area contributed by atoms with Gasteiger partial charge in [0.15, 0.2) is 0 Å². The second kappa shape index (κ2) is 6.20. The third kappa shape index (κ3) is 3.46. The maximum Gasteiger partial charge on any atom is 0.329 e. The van der Waals surface area contributed by atoms with E-state index in [9.17, 15) is 9.59 Å². The minimum atomic E-state index is -0.486. The van der Waals surface area contributed by atoms with Crippen LogP contribution in [-0.2, 0) is 11.3 Å². The Morgan fingerprint density at radius 1 is 1.33 bits per heavy atom. The first-order valence-electron chi connectivity index (χ1n) is 6.28. The molecular weight excluding hydrogens is 256 g/mol. The predicted octanol–water partition coefficient (Wildman–Crippen LogP) is 1.54. The normalized spacial score (nSPS) is 16.9. The van der Waals surface area contributed by atoms with Gasteiger partial charge in [0.05, 0.1) is 19.3 Å². The summed E-state index contributed by atoms with van der Waals surface area (Å²) in [7, 11) is 0. The van der Waals surface area contributed by atoms with Gasteiger partial charge in [-0.3, -0.25) is 14.3 Å². The predicted molar refractivity (Wildman–Crippen MR) is 69.2 cm³/mol. The van der Waals surface area contributed by atoms with Gasteiger partial charge in [-0.2, -0.15) is 0 Å². The van der Waals surface area contributed by atoms with Crippen LogP contribution in [-0.4, -0.2) is 22.3 Å². The molecule has 1 saturated carbocycles. The largest absolute Gasteiger partial charge is 0.376 e. The summed E-state index contributed by atoms with van der Waals surface area (Å²) in [6.07, 6.45) is 6.10. The average Bonchev–Trinajstić information content (AvgIpc) is 2.34. The fourth-order valence-corrected chi connectivity index (χ4v) is 2.42. The van der Waals surface area contributed by atoms with Gasteiger partial charge in [0.2, 0.25) is 0 Å². The Kier molecular flexibility index (Phi) is 4.60. The summed E-state index contributed by atoms with van der Waals surface area (Å²) >= 11 is 5.58. The Labute approximate surface area is 110 Å². The second-order valence-corrected chi connectivity index (χ2v) is 4.95. The molecule has 1 heterocycles. The van der Waals surface area contributed by atoms with E-state index in [1.165, 1.54) is 25.3 Å². The van der Waals surface area contributed by atoms with Crippen molar-refractivity contribution in [3.8, 4) is 0 Å². The van der Waals surface area contributed by atoms with Gasteiger partial charge in [-0.05, 0) is 12.8 Å². The number of aromatic nitrogens is 2. The van der Waals surface area contributed by atoms with Gasteiger partial charge in [-0.15, -0.1) is 0 Å². The van der Waals surface area contributed by atoms with Crippen LogP contribution in [0.1, 0.15) is 32.1 Å². The lowest BCUT2D eigenvalue weighted by Gasteiger charge is -2.21. The topological polar surface area (TPSA) is 64.1 Å². The van der Waals surface area contributed by atoms with Crippen LogP contribution in [0.25, 0.3) is 0 Å². The molecule has 5 nitrogen and oxygen atoms in total. The van der Waals surface area contributed by atoms with Crippen molar-refractivity contribution in [1.82, 2.24) is 9.55 Å². The maximum atomic E-state index is 11.5. The van der Waals surface area contributed by atoms with E-state index in [1.54, 1.807) is 0 Å². The van der Waals surface area contributed by atoms with Gasteiger partial charge in [-0.25, -0.2) is 4.79 Å². The smallest absolute Gasteiger partial charge is 0.329 e. The van der Waals surface area contributed by atoms with E-state index in [0.29, 0.717) is 6.61 Å². The molecule has 0 atom stereocenters. The number of hydrogen-bond acceptors (Lipinski definition) is 3. The molecule has 0 spiro atoms. The van der Waals surface area contributed by atoms with Crippen molar-refractivity contribution in [2.24, 2.45) is 0 Å². The SMILES string of the molecule is O=c1cc(Cl)[nH]c(=O)n1CCOC1CCCCC1. The van der Waals surface area contributed by atoms with Crippen molar-refractivity contribution in [1.29, 1.82) is 0 Å². The minimum absolute atomic E-state index is 0.0643. The van der Waals surface area contributed by atoms with Crippen molar-refractivity contribution in [3.05, 3.63) is 32.1 Å². The summed E-state index contributed by atoms with van der Waals surface area (Å²) in [5.74, 6) is 0. The van der Waals surface area contributed by atoms with Crippen LogP contribution in [0.3, 0.4) is 0 Å². The first-order valence-corrected chi connectivity index (χ1v) is 6.66. The molecule has 1 aliphatic rings. The standard InChI is InChI=1S/C12H17ClN2O3/c13-10-8-11(16)15(12(17)14-10)6-7-18-9-4-2-1-3-5-9/h8-9H,1-7H2,(H,14,17). The molecular formula is C12H17ClN2O3. The first-order chi connectivity index (χ1) is 8.66. The number of H-pyrrole nitrogens is 1. The summed E-state index contributed by atoms with van der Waals surface area (Å²) in [6, 6.07) is 1.20. The van der Waals surface area contributed by atoms with Gasteiger partial charge in [0.25, 0.3) is 5.56 Å². The molecule has 1 aromatic rings. The third-order valence-electron chi connectivity index (χ3n) is 3.21. The molecule has 6 heteroatoms. The van der Waals surface area contributed by atoms with Crippen molar-refractivity contribution in [2.45, 2.75) is 44.8 Å². The number of rotatable bonds is 4. The highest BCUT2D eigenvalue weighted by Crippen LogP contribution is 2.19. The molecule has 1 aromatic heterocycles. The van der Waals surface area contributed by atoms with Gasteiger partial charge < -0.3 is 4.74 Å². The Morgan fingerprint density at radius 2 is 2.06 bits per heavy atom. The van der Waals surface area contributed by atoms with Crippen LogP contribution in [0.4, 0.5) is 0 Å². The zero-order valence-electron chi connectivity index (χ0n) is 10.2. The highest BCUT2D eigenvalue weighted by atomic mass is 35.5. The molecule has 0 aromatic carbocycles.